The number of anilines is 1. The molecule has 162 valence electrons. The van der Waals surface area contributed by atoms with Crippen molar-refractivity contribution in [3.8, 4) is 5.75 Å². The molecule has 2 aromatic rings. The van der Waals surface area contributed by atoms with Crippen molar-refractivity contribution in [3.63, 3.8) is 0 Å². The Balaban J connectivity index is 1.77. The number of thiophene rings is 1. The molecular weight excluding hydrogens is 398 g/mol. The van der Waals surface area contributed by atoms with Crippen LogP contribution >= 0.6 is 11.3 Å². The van der Waals surface area contributed by atoms with Crippen LogP contribution in [0, 0.1) is 0 Å². The number of hydrogen-bond acceptors (Lipinski definition) is 5. The molecule has 0 saturated heterocycles. The van der Waals surface area contributed by atoms with Gasteiger partial charge in [0.15, 0.2) is 6.10 Å². The summed E-state index contributed by atoms with van der Waals surface area (Å²) in [5.41, 5.74) is 2.80. The largest absolute Gasteiger partial charge is 0.481 e. The van der Waals surface area contributed by atoms with Crippen LogP contribution in [0.25, 0.3) is 0 Å². The van der Waals surface area contributed by atoms with Gasteiger partial charge in [0, 0.05) is 4.88 Å². The molecule has 1 aromatic carbocycles. The lowest BCUT2D eigenvalue weighted by Crippen LogP contribution is -2.32. The number of carbonyl (C=O) groups excluding carboxylic acids is 2. The third-order valence-corrected chi connectivity index (χ3v) is 6.67. The van der Waals surface area contributed by atoms with Crippen LogP contribution < -0.4 is 10.1 Å². The van der Waals surface area contributed by atoms with Gasteiger partial charge in [0.2, 0.25) is 0 Å². The van der Waals surface area contributed by atoms with Crippen molar-refractivity contribution >= 4 is 28.2 Å². The minimum absolute atomic E-state index is 0.0582. The molecular formula is C24H31NO4S. The van der Waals surface area contributed by atoms with Gasteiger partial charge in [-0.3, -0.25) is 4.79 Å². The van der Waals surface area contributed by atoms with Gasteiger partial charge in [-0.15, -0.1) is 11.3 Å². The van der Waals surface area contributed by atoms with Gasteiger partial charge in [0.25, 0.3) is 5.91 Å². The van der Waals surface area contributed by atoms with Crippen molar-refractivity contribution in [3.05, 3.63) is 45.8 Å². The second kappa shape index (κ2) is 9.21. The van der Waals surface area contributed by atoms with Crippen molar-refractivity contribution in [2.45, 2.75) is 71.3 Å². The van der Waals surface area contributed by atoms with Crippen LogP contribution in [0.15, 0.2) is 24.3 Å². The van der Waals surface area contributed by atoms with E-state index >= 15 is 0 Å². The molecule has 6 heteroatoms. The van der Waals surface area contributed by atoms with Crippen LogP contribution in [-0.2, 0) is 27.8 Å². The molecule has 0 fully saturated rings. The summed E-state index contributed by atoms with van der Waals surface area (Å²) in [6, 6.07) is 7.87. The van der Waals surface area contributed by atoms with Gasteiger partial charge in [0.1, 0.15) is 10.8 Å². The zero-order valence-electron chi connectivity index (χ0n) is 18.5. The fourth-order valence-electron chi connectivity index (χ4n) is 3.68. The summed E-state index contributed by atoms with van der Waals surface area (Å²) in [5, 5.41) is 3.52. The number of ether oxygens (including phenoxy) is 2. The number of aryl methyl sites for hydroxylation is 1. The highest BCUT2D eigenvalue weighted by molar-refractivity contribution is 7.17. The normalized spacial score (nSPS) is 14.6. The summed E-state index contributed by atoms with van der Waals surface area (Å²) in [6.45, 7) is 8.38. The van der Waals surface area contributed by atoms with Crippen molar-refractivity contribution < 1.29 is 19.1 Å². The van der Waals surface area contributed by atoms with E-state index in [1.807, 2.05) is 31.2 Å². The lowest BCUT2D eigenvalue weighted by molar-refractivity contribution is -0.122. The van der Waals surface area contributed by atoms with E-state index in [0.717, 1.165) is 31.2 Å². The molecule has 0 saturated carbocycles. The highest BCUT2D eigenvalue weighted by atomic mass is 32.1. The van der Waals surface area contributed by atoms with E-state index in [9.17, 15) is 9.59 Å². The van der Waals surface area contributed by atoms with E-state index in [0.29, 0.717) is 22.7 Å². The van der Waals surface area contributed by atoms with E-state index < -0.39 is 12.1 Å². The molecule has 30 heavy (non-hydrogen) atoms. The molecule has 1 aliphatic rings. The van der Waals surface area contributed by atoms with Crippen molar-refractivity contribution in [1.29, 1.82) is 0 Å². The fourth-order valence-corrected chi connectivity index (χ4v) is 4.96. The molecule has 0 aliphatic heterocycles. The molecule has 0 spiro atoms. The molecule has 0 bridgehead atoms. The number of hydrogen-bond donors (Lipinski definition) is 1. The molecule has 0 radical (unpaired) electrons. The third kappa shape index (κ3) is 4.86. The number of amides is 1. The number of nitrogens with one attached hydrogen (secondary N) is 1. The average Bonchev–Trinajstić information content (AvgIpc) is 3.08. The SMILES string of the molecule is CC[C@@H](Oc1ccc(C(C)(C)C)cc1)C(=O)Nc1sc2c(c1C(=O)OC)CCCC2. The number of esters is 1. The zero-order valence-corrected chi connectivity index (χ0v) is 19.3. The molecule has 5 nitrogen and oxygen atoms in total. The van der Waals surface area contributed by atoms with Gasteiger partial charge in [-0.25, -0.2) is 4.79 Å². The van der Waals surface area contributed by atoms with E-state index in [-0.39, 0.29) is 11.3 Å². The minimum atomic E-state index is -0.643. The smallest absolute Gasteiger partial charge is 0.341 e. The summed E-state index contributed by atoms with van der Waals surface area (Å²) in [7, 11) is 1.38. The zero-order chi connectivity index (χ0) is 21.9. The van der Waals surface area contributed by atoms with Crippen molar-refractivity contribution in [1.82, 2.24) is 0 Å². The van der Waals surface area contributed by atoms with E-state index in [2.05, 4.69) is 26.1 Å². The lowest BCUT2D eigenvalue weighted by atomic mass is 9.87. The second-order valence-electron chi connectivity index (χ2n) is 8.68. The molecule has 1 amide bonds. The predicted molar refractivity (Wildman–Crippen MR) is 121 cm³/mol. The Morgan fingerprint density at radius 2 is 1.80 bits per heavy atom. The number of fused-ring (bicyclic) bond motifs is 1. The number of carbonyl (C=O) groups is 2. The Morgan fingerprint density at radius 1 is 1.13 bits per heavy atom. The van der Waals surface area contributed by atoms with Crippen molar-refractivity contribution in [2.24, 2.45) is 0 Å². The third-order valence-electron chi connectivity index (χ3n) is 5.46. The van der Waals surface area contributed by atoms with Gasteiger partial charge in [0.05, 0.1) is 12.7 Å². The summed E-state index contributed by atoms with van der Waals surface area (Å²) >= 11 is 1.48. The Hall–Kier alpha value is -2.34. The van der Waals surface area contributed by atoms with Crippen LogP contribution in [0.3, 0.4) is 0 Å². The number of benzene rings is 1. The first-order valence-corrected chi connectivity index (χ1v) is 11.4. The molecule has 1 N–H and O–H groups in total. The van der Waals surface area contributed by atoms with Gasteiger partial charge >= 0.3 is 5.97 Å². The summed E-state index contributed by atoms with van der Waals surface area (Å²) in [6.07, 6.45) is 3.81. The van der Waals surface area contributed by atoms with E-state index in [1.54, 1.807) is 0 Å². The van der Waals surface area contributed by atoms with E-state index in [4.69, 9.17) is 9.47 Å². The molecule has 1 aliphatic carbocycles. The van der Waals surface area contributed by atoms with Gasteiger partial charge in [-0.1, -0.05) is 39.8 Å². The van der Waals surface area contributed by atoms with Gasteiger partial charge < -0.3 is 14.8 Å². The predicted octanol–water partition coefficient (Wildman–Crippen LogP) is 5.51. The maximum absolute atomic E-state index is 13.0. The number of rotatable bonds is 6. The molecule has 0 unspecified atom stereocenters. The maximum Gasteiger partial charge on any atom is 0.341 e. The highest BCUT2D eigenvalue weighted by Crippen LogP contribution is 2.38. The topological polar surface area (TPSA) is 64.6 Å². The summed E-state index contributed by atoms with van der Waals surface area (Å²) in [4.78, 5) is 26.5. The Kier molecular flexibility index (Phi) is 6.86. The van der Waals surface area contributed by atoms with Crippen LogP contribution in [0.5, 0.6) is 5.75 Å². The van der Waals surface area contributed by atoms with E-state index in [1.165, 1.54) is 28.9 Å². The van der Waals surface area contributed by atoms with Crippen LogP contribution in [0.1, 0.15) is 73.3 Å². The maximum atomic E-state index is 13.0. The van der Waals surface area contributed by atoms with Crippen molar-refractivity contribution in [2.75, 3.05) is 12.4 Å². The second-order valence-corrected chi connectivity index (χ2v) is 9.79. The van der Waals surface area contributed by atoms with Crippen LogP contribution in [0.4, 0.5) is 5.00 Å². The average molecular weight is 430 g/mol. The van der Waals surface area contributed by atoms with Crippen LogP contribution in [0.2, 0.25) is 0 Å². The molecule has 1 heterocycles. The number of methoxy groups -OCH3 is 1. The fraction of sp³-hybridized carbons (Fsp3) is 0.500. The standard InChI is InChI=1S/C24H31NO4S/c1-6-18(29-16-13-11-15(12-14-16)24(2,3)4)21(26)25-22-20(23(27)28-5)17-9-7-8-10-19(17)30-22/h11-14,18H,6-10H2,1-5H3,(H,25,26)/t18-/m1/s1. The first-order valence-electron chi connectivity index (χ1n) is 10.6. The summed E-state index contributed by atoms with van der Waals surface area (Å²) in [5.74, 6) is 0.0150. The quantitative estimate of drug-likeness (QED) is 0.615. The molecule has 1 atom stereocenters. The molecule has 1 aromatic heterocycles. The minimum Gasteiger partial charge on any atom is -0.481 e. The van der Waals surface area contributed by atoms with Crippen LogP contribution in [-0.4, -0.2) is 25.1 Å². The van der Waals surface area contributed by atoms with Gasteiger partial charge in [-0.05, 0) is 60.8 Å². The Labute approximate surface area is 182 Å². The highest BCUT2D eigenvalue weighted by Gasteiger charge is 2.29. The summed E-state index contributed by atoms with van der Waals surface area (Å²) < 4.78 is 11.0. The monoisotopic (exact) mass is 429 g/mol. The van der Waals surface area contributed by atoms with Gasteiger partial charge in [-0.2, -0.15) is 0 Å². The Bertz CT molecular complexity index is 909. The molecule has 3 rings (SSSR count). The first-order chi connectivity index (χ1) is 14.2. The Morgan fingerprint density at radius 3 is 2.40 bits per heavy atom. The lowest BCUT2D eigenvalue weighted by Gasteiger charge is -2.21. The first kappa shape index (κ1) is 22.3.